The fourth-order valence-corrected chi connectivity index (χ4v) is 2.71. The molecule has 1 aromatic rings. The normalized spacial score (nSPS) is 18.7. The van der Waals surface area contributed by atoms with E-state index in [-0.39, 0.29) is 18.3 Å². The second-order valence-electron chi connectivity index (χ2n) is 4.29. The molecule has 5 heteroatoms. The van der Waals surface area contributed by atoms with Crippen LogP contribution in [-0.2, 0) is 11.2 Å². The van der Waals surface area contributed by atoms with Gasteiger partial charge in [-0.3, -0.25) is 4.79 Å². The molecular formula is C12H19ClN2OS. The van der Waals surface area contributed by atoms with Gasteiger partial charge in [-0.25, -0.2) is 0 Å². The van der Waals surface area contributed by atoms with Crippen LogP contribution in [0.3, 0.4) is 0 Å². The number of rotatable bonds is 5. The summed E-state index contributed by atoms with van der Waals surface area (Å²) >= 11 is 1.70. The zero-order chi connectivity index (χ0) is 11.2. The van der Waals surface area contributed by atoms with Gasteiger partial charge in [0.1, 0.15) is 0 Å². The van der Waals surface area contributed by atoms with E-state index in [1.165, 1.54) is 5.56 Å². The molecule has 0 radical (unpaired) electrons. The second kappa shape index (κ2) is 7.69. The minimum absolute atomic E-state index is 0. The third-order valence-electron chi connectivity index (χ3n) is 2.95. The molecule has 0 saturated carbocycles. The smallest absolute Gasteiger partial charge is 0.220 e. The summed E-state index contributed by atoms with van der Waals surface area (Å²) in [5.41, 5.74) is 1.31. The van der Waals surface area contributed by atoms with Crippen molar-refractivity contribution >= 4 is 29.7 Å². The van der Waals surface area contributed by atoms with E-state index in [2.05, 4.69) is 27.5 Å². The predicted octanol–water partition coefficient (Wildman–Crippen LogP) is 1.83. The van der Waals surface area contributed by atoms with Crippen molar-refractivity contribution in [3.63, 3.8) is 0 Å². The summed E-state index contributed by atoms with van der Waals surface area (Å²) in [6.07, 6.45) is 2.76. The number of carbonyl (C=O) groups excluding carboxylic acids is 1. The Bertz CT molecular complexity index is 323. The van der Waals surface area contributed by atoms with Crippen LogP contribution in [0.1, 0.15) is 18.4 Å². The summed E-state index contributed by atoms with van der Waals surface area (Å²) in [6, 6.07) is 2.11. The summed E-state index contributed by atoms with van der Waals surface area (Å²) in [4.78, 5) is 11.6. The van der Waals surface area contributed by atoms with Crippen molar-refractivity contribution in [2.45, 2.75) is 19.3 Å². The molecule has 1 unspecified atom stereocenters. The van der Waals surface area contributed by atoms with Gasteiger partial charge in [0, 0.05) is 13.0 Å². The van der Waals surface area contributed by atoms with E-state index >= 15 is 0 Å². The van der Waals surface area contributed by atoms with Crippen LogP contribution in [0.2, 0.25) is 0 Å². The molecule has 1 aliphatic rings. The number of amides is 1. The lowest BCUT2D eigenvalue weighted by Crippen LogP contribution is -2.28. The molecule has 3 nitrogen and oxygen atoms in total. The Hall–Kier alpha value is -0.580. The van der Waals surface area contributed by atoms with Gasteiger partial charge in [0.05, 0.1) is 0 Å². The molecular weight excluding hydrogens is 256 g/mol. The average molecular weight is 275 g/mol. The molecule has 1 atom stereocenters. The van der Waals surface area contributed by atoms with Gasteiger partial charge in [-0.15, -0.1) is 12.4 Å². The third kappa shape index (κ3) is 5.06. The molecule has 1 fully saturated rings. The fraction of sp³-hybridized carbons (Fsp3) is 0.583. The van der Waals surface area contributed by atoms with Gasteiger partial charge in [0.2, 0.25) is 5.91 Å². The van der Waals surface area contributed by atoms with Crippen LogP contribution in [0, 0.1) is 5.92 Å². The standard InChI is InChI=1S/C12H18N2OS.ClH/c15-12(7-11-1-4-13-8-11)14-5-2-10-3-6-16-9-10;/h3,6,9,11,13H,1-2,4-5,7-8H2,(H,14,15);1H. The summed E-state index contributed by atoms with van der Waals surface area (Å²) < 4.78 is 0. The number of thiophene rings is 1. The summed E-state index contributed by atoms with van der Waals surface area (Å²) in [6.45, 7) is 2.82. The molecule has 96 valence electrons. The van der Waals surface area contributed by atoms with Gasteiger partial charge in [-0.1, -0.05) is 0 Å². The predicted molar refractivity (Wildman–Crippen MR) is 73.9 cm³/mol. The first-order chi connectivity index (χ1) is 7.84. The zero-order valence-corrected chi connectivity index (χ0v) is 11.4. The van der Waals surface area contributed by atoms with E-state index < -0.39 is 0 Å². The molecule has 2 N–H and O–H groups in total. The van der Waals surface area contributed by atoms with Crippen LogP contribution >= 0.6 is 23.7 Å². The van der Waals surface area contributed by atoms with Crippen LogP contribution in [-0.4, -0.2) is 25.5 Å². The first kappa shape index (κ1) is 14.5. The third-order valence-corrected chi connectivity index (χ3v) is 3.68. The van der Waals surface area contributed by atoms with Gasteiger partial charge >= 0.3 is 0 Å². The summed E-state index contributed by atoms with van der Waals surface area (Å²) in [5.74, 6) is 0.741. The van der Waals surface area contributed by atoms with Crippen LogP contribution in [0.4, 0.5) is 0 Å². The lowest BCUT2D eigenvalue weighted by Gasteiger charge is -2.08. The monoisotopic (exact) mass is 274 g/mol. The van der Waals surface area contributed by atoms with Crippen molar-refractivity contribution in [1.82, 2.24) is 10.6 Å². The van der Waals surface area contributed by atoms with Crippen LogP contribution in [0.5, 0.6) is 0 Å². The summed E-state index contributed by atoms with van der Waals surface area (Å²) in [5, 5.41) is 10.5. The van der Waals surface area contributed by atoms with Crippen molar-refractivity contribution < 1.29 is 4.79 Å². The Balaban J connectivity index is 0.00000144. The highest BCUT2D eigenvalue weighted by molar-refractivity contribution is 7.07. The van der Waals surface area contributed by atoms with Crippen LogP contribution < -0.4 is 10.6 Å². The first-order valence-corrected chi connectivity index (χ1v) is 6.77. The van der Waals surface area contributed by atoms with E-state index in [1.807, 2.05) is 0 Å². The van der Waals surface area contributed by atoms with E-state index in [9.17, 15) is 4.79 Å². The van der Waals surface area contributed by atoms with Gasteiger partial charge in [-0.2, -0.15) is 11.3 Å². The Labute approximate surface area is 112 Å². The lowest BCUT2D eigenvalue weighted by molar-refractivity contribution is -0.121. The molecule has 0 aliphatic carbocycles. The zero-order valence-electron chi connectivity index (χ0n) is 9.78. The average Bonchev–Trinajstić information content (AvgIpc) is 2.90. The molecule has 1 amide bonds. The van der Waals surface area contributed by atoms with E-state index in [0.717, 1.165) is 32.5 Å². The molecule has 1 aliphatic heterocycles. The van der Waals surface area contributed by atoms with Gasteiger partial charge in [0.25, 0.3) is 0 Å². The van der Waals surface area contributed by atoms with Crippen molar-refractivity contribution in [3.05, 3.63) is 22.4 Å². The largest absolute Gasteiger partial charge is 0.356 e. The Morgan fingerprint density at radius 3 is 3.12 bits per heavy atom. The maximum absolute atomic E-state index is 11.6. The highest BCUT2D eigenvalue weighted by atomic mass is 35.5. The van der Waals surface area contributed by atoms with E-state index in [0.29, 0.717) is 12.3 Å². The van der Waals surface area contributed by atoms with Crippen LogP contribution in [0.15, 0.2) is 16.8 Å². The summed E-state index contributed by atoms with van der Waals surface area (Å²) in [7, 11) is 0. The highest BCUT2D eigenvalue weighted by Gasteiger charge is 2.17. The van der Waals surface area contributed by atoms with Crippen molar-refractivity contribution in [2.24, 2.45) is 5.92 Å². The molecule has 0 bridgehead atoms. The van der Waals surface area contributed by atoms with E-state index in [4.69, 9.17) is 0 Å². The van der Waals surface area contributed by atoms with Gasteiger partial charge < -0.3 is 10.6 Å². The quantitative estimate of drug-likeness (QED) is 0.860. The molecule has 0 aromatic carbocycles. The molecule has 2 heterocycles. The van der Waals surface area contributed by atoms with Crippen molar-refractivity contribution in [3.8, 4) is 0 Å². The number of carbonyl (C=O) groups is 1. The Morgan fingerprint density at radius 1 is 1.59 bits per heavy atom. The topological polar surface area (TPSA) is 41.1 Å². The maximum Gasteiger partial charge on any atom is 0.220 e. The SMILES string of the molecule is Cl.O=C(CC1CCNC1)NCCc1ccsc1. The highest BCUT2D eigenvalue weighted by Crippen LogP contribution is 2.11. The lowest BCUT2D eigenvalue weighted by atomic mass is 10.0. The minimum Gasteiger partial charge on any atom is -0.356 e. The molecule has 2 rings (SSSR count). The molecule has 0 spiro atoms. The number of halogens is 1. The molecule has 17 heavy (non-hydrogen) atoms. The Kier molecular flexibility index (Phi) is 6.55. The van der Waals surface area contributed by atoms with Crippen LogP contribution in [0.25, 0.3) is 0 Å². The van der Waals surface area contributed by atoms with Gasteiger partial charge in [0.15, 0.2) is 0 Å². The minimum atomic E-state index is 0. The molecule has 1 aromatic heterocycles. The number of nitrogens with one attached hydrogen (secondary N) is 2. The number of hydrogen-bond donors (Lipinski definition) is 2. The number of hydrogen-bond acceptors (Lipinski definition) is 3. The maximum atomic E-state index is 11.6. The van der Waals surface area contributed by atoms with Crippen molar-refractivity contribution in [1.29, 1.82) is 0 Å². The molecule has 1 saturated heterocycles. The van der Waals surface area contributed by atoms with E-state index in [1.54, 1.807) is 11.3 Å². The van der Waals surface area contributed by atoms with Crippen molar-refractivity contribution in [2.75, 3.05) is 19.6 Å². The first-order valence-electron chi connectivity index (χ1n) is 5.83. The Morgan fingerprint density at radius 2 is 2.47 bits per heavy atom. The second-order valence-corrected chi connectivity index (χ2v) is 5.07. The fourth-order valence-electron chi connectivity index (χ4n) is 2.00. The van der Waals surface area contributed by atoms with Gasteiger partial charge in [-0.05, 0) is 54.2 Å².